The first-order chi connectivity index (χ1) is 12.9. The van der Waals surface area contributed by atoms with E-state index < -0.39 is 0 Å². The van der Waals surface area contributed by atoms with E-state index in [1.54, 1.807) is 11.1 Å². The molecule has 26 heavy (non-hydrogen) atoms. The number of fused-ring (bicyclic) bond motifs is 2. The van der Waals surface area contributed by atoms with Crippen molar-refractivity contribution < 1.29 is 0 Å². The van der Waals surface area contributed by atoms with Crippen molar-refractivity contribution in [2.24, 2.45) is 0 Å². The summed E-state index contributed by atoms with van der Waals surface area (Å²) in [5.41, 5.74) is 4.68. The molecule has 3 rings (SSSR count). The molecular weight excluding hydrogens is 332 g/mol. The number of rotatable bonds is 11. The Bertz CT molecular complexity index is 674. The van der Waals surface area contributed by atoms with Gasteiger partial charge in [0.25, 0.3) is 0 Å². The molecule has 0 N–H and O–H groups in total. The van der Waals surface area contributed by atoms with E-state index in [4.69, 9.17) is 0 Å². The van der Waals surface area contributed by atoms with E-state index >= 15 is 0 Å². The molecule has 0 bridgehead atoms. The van der Waals surface area contributed by atoms with Crippen LogP contribution in [0.1, 0.15) is 87.8 Å². The highest BCUT2D eigenvalue weighted by molar-refractivity contribution is 7.99. The number of unbranched alkanes of at least 4 members (excludes halogenated alkanes) is 9. The van der Waals surface area contributed by atoms with Crippen LogP contribution in [0, 0.1) is 0 Å². The van der Waals surface area contributed by atoms with Crippen molar-refractivity contribution in [3.63, 3.8) is 0 Å². The van der Waals surface area contributed by atoms with Crippen LogP contribution in [-0.4, -0.2) is 0 Å². The van der Waals surface area contributed by atoms with E-state index in [1.165, 1.54) is 86.0 Å². The van der Waals surface area contributed by atoms with E-state index in [0.717, 1.165) is 6.42 Å². The minimum atomic E-state index is 1.12. The molecule has 0 fully saturated rings. The molecule has 2 aromatic rings. The molecule has 140 valence electrons. The first-order valence-corrected chi connectivity index (χ1v) is 11.6. The Kier molecular flexibility index (Phi) is 8.14. The molecule has 0 aromatic heterocycles. The fraction of sp³-hybridized carbons (Fsp3) is 0.520. The molecule has 0 radical (unpaired) electrons. The van der Waals surface area contributed by atoms with Gasteiger partial charge in [0.1, 0.15) is 0 Å². The Hall–Kier alpha value is -1.21. The normalized spacial score (nSPS) is 12.7. The summed E-state index contributed by atoms with van der Waals surface area (Å²) in [6, 6.07) is 15.8. The molecular formula is C25H34S. The first-order valence-electron chi connectivity index (χ1n) is 10.7. The summed E-state index contributed by atoms with van der Waals surface area (Å²) in [7, 11) is 0. The predicted molar refractivity (Wildman–Crippen MR) is 115 cm³/mol. The molecule has 1 heteroatoms. The van der Waals surface area contributed by atoms with Crippen LogP contribution in [0.15, 0.2) is 52.3 Å². The van der Waals surface area contributed by atoms with Crippen molar-refractivity contribution in [2.75, 3.05) is 0 Å². The zero-order chi connectivity index (χ0) is 18.0. The Morgan fingerprint density at radius 1 is 0.692 bits per heavy atom. The summed E-state index contributed by atoms with van der Waals surface area (Å²) in [6.45, 7) is 2.29. The minimum Gasteiger partial charge on any atom is -0.0895 e. The topological polar surface area (TPSA) is 0 Å². The van der Waals surface area contributed by atoms with E-state index in [0.29, 0.717) is 0 Å². The van der Waals surface area contributed by atoms with Crippen LogP contribution < -0.4 is 0 Å². The molecule has 0 amide bonds. The van der Waals surface area contributed by atoms with Crippen molar-refractivity contribution in [2.45, 2.75) is 93.8 Å². The molecule has 2 aromatic carbocycles. The van der Waals surface area contributed by atoms with Crippen LogP contribution in [0.2, 0.25) is 0 Å². The van der Waals surface area contributed by atoms with Gasteiger partial charge in [-0.25, -0.2) is 0 Å². The van der Waals surface area contributed by atoms with Gasteiger partial charge in [-0.05, 0) is 48.1 Å². The fourth-order valence-corrected chi connectivity index (χ4v) is 5.13. The summed E-state index contributed by atoms with van der Waals surface area (Å²) in [5.74, 6) is 0. The number of hydrogen-bond donors (Lipinski definition) is 0. The van der Waals surface area contributed by atoms with Gasteiger partial charge < -0.3 is 0 Å². The number of hydrogen-bond acceptors (Lipinski definition) is 1. The van der Waals surface area contributed by atoms with Crippen molar-refractivity contribution in [1.29, 1.82) is 0 Å². The molecule has 0 saturated carbocycles. The van der Waals surface area contributed by atoms with E-state index in [-0.39, 0.29) is 0 Å². The summed E-state index contributed by atoms with van der Waals surface area (Å²) in [4.78, 5) is 2.92. The SMILES string of the molecule is CCCCCCCCCCCCc1cccc2c1Cc1ccccc1S2. The Morgan fingerprint density at radius 3 is 2.12 bits per heavy atom. The lowest BCUT2D eigenvalue weighted by Crippen LogP contribution is -2.03. The van der Waals surface area contributed by atoms with E-state index in [1.807, 2.05) is 11.8 Å². The van der Waals surface area contributed by atoms with Gasteiger partial charge in [-0.3, -0.25) is 0 Å². The quantitative estimate of drug-likeness (QED) is 0.308. The maximum Gasteiger partial charge on any atom is 0.0160 e. The van der Waals surface area contributed by atoms with Crippen molar-refractivity contribution in [3.05, 3.63) is 59.2 Å². The second-order valence-electron chi connectivity index (χ2n) is 7.71. The zero-order valence-corrected chi connectivity index (χ0v) is 17.3. The first kappa shape index (κ1) is 19.5. The van der Waals surface area contributed by atoms with Crippen LogP contribution in [0.3, 0.4) is 0 Å². The molecule has 0 atom stereocenters. The molecule has 0 aliphatic carbocycles. The second-order valence-corrected chi connectivity index (χ2v) is 8.80. The molecule has 1 aliphatic rings. The van der Waals surface area contributed by atoms with Gasteiger partial charge in [0.05, 0.1) is 0 Å². The van der Waals surface area contributed by atoms with Gasteiger partial charge in [-0.2, -0.15) is 0 Å². The molecule has 0 spiro atoms. The maximum absolute atomic E-state index is 2.36. The number of benzene rings is 2. The average Bonchev–Trinajstić information content (AvgIpc) is 2.68. The van der Waals surface area contributed by atoms with Gasteiger partial charge in [0, 0.05) is 9.79 Å². The largest absolute Gasteiger partial charge is 0.0895 e. The molecule has 0 saturated heterocycles. The van der Waals surface area contributed by atoms with E-state index in [9.17, 15) is 0 Å². The Labute approximate surface area is 164 Å². The number of aryl methyl sites for hydroxylation is 1. The van der Waals surface area contributed by atoms with Crippen LogP contribution in [0.25, 0.3) is 0 Å². The summed E-state index contributed by atoms with van der Waals surface area (Å²) >= 11 is 1.95. The van der Waals surface area contributed by atoms with Gasteiger partial charge in [-0.15, -0.1) is 0 Å². The van der Waals surface area contributed by atoms with Gasteiger partial charge in [0.15, 0.2) is 0 Å². The van der Waals surface area contributed by atoms with Crippen LogP contribution >= 0.6 is 11.8 Å². The monoisotopic (exact) mass is 366 g/mol. The lowest BCUT2D eigenvalue weighted by atomic mass is 9.95. The molecule has 1 heterocycles. The fourth-order valence-electron chi connectivity index (χ4n) is 4.00. The zero-order valence-electron chi connectivity index (χ0n) is 16.4. The predicted octanol–water partition coefficient (Wildman–Crippen LogP) is 8.21. The highest BCUT2D eigenvalue weighted by Gasteiger charge is 2.17. The molecule has 1 aliphatic heterocycles. The van der Waals surface area contributed by atoms with Crippen LogP contribution in [0.4, 0.5) is 0 Å². The van der Waals surface area contributed by atoms with Crippen LogP contribution in [-0.2, 0) is 12.8 Å². The lowest BCUT2D eigenvalue weighted by Gasteiger charge is -2.21. The summed E-state index contributed by atoms with van der Waals surface area (Å²) in [5, 5.41) is 0. The minimum absolute atomic E-state index is 1.12. The van der Waals surface area contributed by atoms with Gasteiger partial charge >= 0.3 is 0 Å². The van der Waals surface area contributed by atoms with Gasteiger partial charge in [-0.1, -0.05) is 107 Å². The average molecular weight is 367 g/mol. The van der Waals surface area contributed by atoms with Gasteiger partial charge in [0.2, 0.25) is 0 Å². The van der Waals surface area contributed by atoms with Crippen molar-refractivity contribution in [3.8, 4) is 0 Å². The molecule has 0 unspecified atom stereocenters. The summed E-state index contributed by atoms with van der Waals surface area (Å²) in [6.07, 6.45) is 16.5. The smallest absolute Gasteiger partial charge is 0.0160 e. The Balaban J connectivity index is 1.39. The maximum atomic E-state index is 2.36. The third-order valence-electron chi connectivity index (χ3n) is 5.59. The standard InChI is InChI=1S/C25H34S/c1-2-3-4-5-6-7-8-9-10-11-15-21-17-14-19-25-23(21)20-22-16-12-13-18-24(22)26-25/h12-14,16-19H,2-11,15,20H2,1H3. The van der Waals surface area contributed by atoms with Crippen molar-refractivity contribution in [1.82, 2.24) is 0 Å². The highest BCUT2D eigenvalue weighted by Crippen LogP contribution is 2.40. The lowest BCUT2D eigenvalue weighted by molar-refractivity contribution is 0.556. The second kappa shape index (κ2) is 10.8. The summed E-state index contributed by atoms with van der Waals surface area (Å²) < 4.78 is 0. The molecule has 0 nitrogen and oxygen atoms in total. The van der Waals surface area contributed by atoms with Crippen molar-refractivity contribution >= 4 is 11.8 Å². The van der Waals surface area contributed by atoms with Crippen LogP contribution in [0.5, 0.6) is 0 Å². The third kappa shape index (κ3) is 5.64. The Morgan fingerprint density at radius 2 is 1.35 bits per heavy atom. The van der Waals surface area contributed by atoms with E-state index in [2.05, 4.69) is 49.4 Å². The third-order valence-corrected chi connectivity index (χ3v) is 6.81. The highest BCUT2D eigenvalue weighted by atomic mass is 32.2.